The van der Waals surface area contributed by atoms with E-state index in [4.69, 9.17) is 9.47 Å². The molecule has 2 aliphatic carbocycles. The minimum absolute atomic E-state index is 0.319. The fraction of sp³-hybridized carbons (Fsp3) is 0.722. The van der Waals surface area contributed by atoms with E-state index in [-0.39, 0.29) is 11.9 Å². The van der Waals surface area contributed by atoms with Gasteiger partial charge in [-0.3, -0.25) is 0 Å². The van der Waals surface area contributed by atoms with E-state index in [0.717, 1.165) is 36.2 Å². The second kappa shape index (κ2) is 22.2. The molecule has 1 heterocycles. The third kappa shape index (κ3) is 15.9. The molecule has 0 radical (unpaired) electrons. The predicted octanol–water partition coefficient (Wildman–Crippen LogP) is 8.64. The van der Waals surface area contributed by atoms with Gasteiger partial charge in [0.05, 0.1) is 23.7 Å². The lowest BCUT2D eigenvalue weighted by Crippen LogP contribution is -2.16. The molecule has 3 fully saturated rings. The van der Waals surface area contributed by atoms with Crippen molar-refractivity contribution in [3.63, 3.8) is 0 Å². The van der Waals surface area contributed by atoms with Crippen molar-refractivity contribution >= 4 is 47.2 Å². The summed E-state index contributed by atoms with van der Waals surface area (Å²) >= 11 is 6.27. The molecular formula is C36H52O4S3. The molecule has 0 bridgehead atoms. The molecule has 3 rings (SSSR count). The molecule has 1 saturated heterocycles. The maximum atomic E-state index is 11.1. The second-order valence-electron chi connectivity index (χ2n) is 11.8. The van der Waals surface area contributed by atoms with Crippen molar-refractivity contribution in [2.45, 2.75) is 124 Å². The van der Waals surface area contributed by atoms with Crippen molar-refractivity contribution in [3.05, 3.63) is 25.3 Å². The lowest BCUT2D eigenvalue weighted by Gasteiger charge is -2.25. The Kier molecular flexibility index (Phi) is 18.6. The smallest absolute Gasteiger partial charge is 0.330 e. The first-order chi connectivity index (χ1) is 21.1. The van der Waals surface area contributed by atoms with Crippen LogP contribution in [0.25, 0.3) is 0 Å². The highest BCUT2D eigenvalue weighted by Gasteiger charge is 2.25. The molecule has 2 saturated carbocycles. The Hall–Kier alpha value is -1.41. The van der Waals surface area contributed by atoms with Crippen LogP contribution in [0.15, 0.2) is 25.3 Å². The minimum Gasteiger partial charge on any atom is -0.463 e. The summed E-state index contributed by atoms with van der Waals surface area (Å²) in [5.74, 6) is 17.5. The van der Waals surface area contributed by atoms with E-state index in [1.54, 1.807) is 0 Å². The Balaban J connectivity index is 1.19. The van der Waals surface area contributed by atoms with Crippen molar-refractivity contribution < 1.29 is 19.1 Å². The van der Waals surface area contributed by atoms with Gasteiger partial charge in [0, 0.05) is 34.5 Å². The lowest BCUT2D eigenvalue weighted by atomic mass is 9.89. The van der Waals surface area contributed by atoms with Gasteiger partial charge in [0.2, 0.25) is 0 Å². The zero-order valence-corrected chi connectivity index (χ0v) is 28.5. The molecule has 2 unspecified atom stereocenters. The highest BCUT2D eigenvalue weighted by molar-refractivity contribution is 8.01. The Morgan fingerprint density at radius 1 is 0.605 bits per heavy atom. The third-order valence-electron chi connectivity index (χ3n) is 8.37. The Morgan fingerprint density at radius 2 is 1.02 bits per heavy atom. The fourth-order valence-electron chi connectivity index (χ4n) is 5.74. The van der Waals surface area contributed by atoms with Crippen LogP contribution in [-0.2, 0) is 19.1 Å². The van der Waals surface area contributed by atoms with Gasteiger partial charge in [-0.2, -0.15) is 23.5 Å². The van der Waals surface area contributed by atoms with Gasteiger partial charge in [0.1, 0.15) is 0 Å². The first-order valence-corrected chi connectivity index (χ1v) is 19.6. The van der Waals surface area contributed by atoms with Crippen LogP contribution in [0.2, 0.25) is 0 Å². The number of thioether (sulfide) groups is 3. The van der Waals surface area contributed by atoms with Crippen LogP contribution in [0.1, 0.15) is 103 Å². The molecule has 0 amide bonds. The maximum absolute atomic E-state index is 11.1. The van der Waals surface area contributed by atoms with Gasteiger partial charge in [0.15, 0.2) is 0 Å². The van der Waals surface area contributed by atoms with E-state index < -0.39 is 0 Å². The zero-order valence-electron chi connectivity index (χ0n) is 26.0. The predicted molar refractivity (Wildman–Crippen MR) is 186 cm³/mol. The molecule has 0 aromatic heterocycles. The molecule has 0 aromatic rings. The Bertz CT molecular complexity index is 896. The number of rotatable bonds is 16. The normalized spacial score (nSPS) is 26.7. The van der Waals surface area contributed by atoms with Crippen molar-refractivity contribution in [1.29, 1.82) is 0 Å². The van der Waals surface area contributed by atoms with Crippen molar-refractivity contribution in [2.75, 3.05) is 24.7 Å². The van der Waals surface area contributed by atoms with Gasteiger partial charge < -0.3 is 9.47 Å². The molecule has 1 aliphatic heterocycles. The number of carbonyl (C=O) groups is 2. The van der Waals surface area contributed by atoms with Gasteiger partial charge in [-0.15, -0.1) is 11.8 Å². The molecule has 0 N–H and O–H groups in total. The summed E-state index contributed by atoms with van der Waals surface area (Å²) < 4.78 is 10.1. The van der Waals surface area contributed by atoms with Crippen LogP contribution in [0.3, 0.4) is 0 Å². The minimum atomic E-state index is -0.319. The van der Waals surface area contributed by atoms with E-state index in [0.29, 0.717) is 35.5 Å². The number of ether oxygens (including phenoxy) is 2. The van der Waals surface area contributed by atoms with Gasteiger partial charge >= 0.3 is 11.9 Å². The first kappa shape index (κ1) is 36.1. The van der Waals surface area contributed by atoms with Crippen LogP contribution in [0.5, 0.6) is 0 Å². The molecule has 238 valence electrons. The van der Waals surface area contributed by atoms with E-state index in [1.165, 1.54) is 101 Å². The Labute approximate surface area is 274 Å². The van der Waals surface area contributed by atoms with Crippen LogP contribution < -0.4 is 0 Å². The number of hydrogen-bond acceptors (Lipinski definition) is 7. The molecule has 3 aliphatic rings. The number of hydrogen-bond donors (Lipinski definition) is 0. The third-order valence-corrected chi connectivity index (χ3v) is 12.7. The summed E-state index contributed by atoms with van der Waals surface area (Å²) in [5, 5.41) is 2.52. The van der Waals surface area contributed by atoms with Crippen molar-refractivity contribution in [3.8, 4) is 23.7 Å². The average molecular weight is 645 g/mol. The summed E-state index contributed by atoms with van der Waals surface area (Å²) in [7, 11) is 0. The van der Waals surface area contributed by atoms with Gasteiger partial charge in [-0.25, -0.2) is 9.59 Å². The molecule has 7 heteroatoms. The van der Waals surface area contributed by atoms with Crippen LogP contribution in [0.4, 0.5) is 0 Å². The maximum Gasteiger partial charge on any atom is 0.330 e. The zero-order chi connectivity index (χ0) is 30.5. The average Bonchev–Trinajstić information content (AvgIpc) is 3.50. The van der Waals surface area contributed by atoms with Crippen LogP contribution in [-0.4, -0.2) is 57.7 Å². The van der Waals surface area contributed by atoms with Crippen molar-refractivity contribution in [2.24, 2.45) is 11.8 Å². The first-order valence-electron chi connectivity index (χ1n) is 16.5. The quantitative estimate of drug-likeness (QED) is 0.0722. The van der Waals surface area contributed by atoms with E-state index in [9.17, 15) is 9.59 Å². The molecule has 0 spiro atoms. The topological polar surface area (TPSA) is 52.6 Å². The highest BCUT2D eigenvalue weighted by Crippen LogP contribution is 2.36. The summed E-state index contributed by atoms with van der Waals surface area (Å²) in [6.07, 6.45) is 21.5. The molecule has 43 heavy (non-hydrogen) atoms. The molecule has 2 atom stereocenters. The second-order valence-corrected chi connectivity index (χ2v) is 16.0. The van der Waals surface area contributed by atoms with Gasteiger partial charge in [-0.05, 0) is 114 Å². The standard InChI is InChI=1S/C36H52O4S3/c1-3-35(37)39-25-7-5-9-27-41-31-17-11-29(12-18-31)15-21-33-23-24-34(43-33)22-16-30-13-19-32(20-14-30)42-28-10-6-8-26-40-36(38)4-2/h3-4,29-34H,1-2,5-14,17-20,23-28H2. The van der Waals surface area contributed by atoms with Gasteiger partial charge in [-0.1, -0.05) is 36.8 Å². The molecular weight excluding hydrogens is 593 g/mol. The van der Waals surface area contributed by atoms with Crippen LogP contribution >= 0.6 is 35.3 Å². The van der Waals surface area contributed by atoms with E-state index in [2.05, 4.69) is 60.4 Å². The summed E-state index contributed by atoms with van der Waals surface area (Å²) in [4.78, 5) is 22.1. The van der Waals surface area contributed by atoms with Crippen molar-refractivity contribution in [1.82, 2.24) is 0 Å². The largest absolute Gasteiger partial charge is 0.463 e. The monoisotopic (exact) mass is 644 g/mol. The highest BCUT2D eigenvalue weighted by atomic mass is 32.2. The Morgan fingerprint density at radius 3 is 1.42 bits per heavy atom. The number of esters is 2. The molecule has 0 aromatic carbocycles. The molecule has 4 nitrogen and oxygen atoms in total. The van der Waals surface area contributed by atoms with Gasteiger partial charge in [0.25, 0.3) is 0 Å². The van der Waals surface area contributed by atoms with Crippen LogP contribution in [0, 0.1) is 35.5 Å². The van der Waals surface area contributed by atoms with E-state index in [1.807, 2.05) is 11.8 Å². The lowest BCUT2D eigenvalue weighted by molar-refractivity contribution is -0.138. The summed E-state index contributed by atoms with van der Waals surface area (Å²) in [5.41, 5.74) is 0. The number of carbonyl (C=O) groups excluding carboxylic acids is 2. The fourth-order valence-corrected chi connectivity index (χ4v) is 9.58. The summed E-state index contributed by atoms with van der Waals surface area (Å²) in [6, 6.07) is 0. The number of unbranched alkanes of at least 4 members (excludes halogenated alkanes) is 4. The van der Waals surface area contributed by atoms with E-state index >= 15 is 0 Å². The SMILES string of the molecule is C=CC(=O)OCCCCCSC1CCC(C#CC2CCC(C#CC3CCC(SCCCCCOC(=O)C=C)CC3)S2)CC1. The summed E-state index contributed by atoms with van der Waals surface area (Å²) in [6.45, 7) is 7.86.